The van der Waals surface area contributed by atoms with Gasteiger partial charge in [-0.15, -0.1) is 0 Å². The van der Waals surface area contributed by atoms with Crippen molar-refractivity contribution in [3.63, 3.8) is 0 Å². The third kappa shape index (κ3) is 3.34. The summed E-state index contributed by atoms with van der Waals surface area (Å²) in [5.41, 5.74) is 1.85. The number of rotatable bonds is 6. The standard InChI is InChI=1S/C19H23N3O4/c1-11(15(23)13-6-4-3-5-7-13)16(24)17(25)19(26)22-9-8-14-12(2)20-10-21-18(14)22/h3-11,15-17,19,23-26H,1-2H3/t11-,15+,16-,17-,19-/m1/s1. The van der Waals surface area contributed by atoms with Gasteiger partial charge in [0.2, 0.25) is 0 Å². The number of aliphatic hydroxyl groups excluding tert-OH is 4. The average molecular weight is 357 g/mol. The SMILES string of the molecule is Cc1ncnc2c1ccn2[C@H](O)[C@H](O)[C@H](O)[C@H](C)[C@H](O)c1ccccc1. The lowest BCUT2D eigenvalue weighted by Gasteiger charge is -2.31. The van der Waals surface area contributed by atoms with Gasteiger partial charge in [-0.25, -0.2) is 9.97 Å². The smallest absolute Gasteiger partial charge is 0.160 e. The molecule has 0 aliphatic carbocycles. The summed E-state index contributed by atoms with van der Waals surface area (Å²) < 4.78 is 1.39. The lowest BCUT2D eigenvalue weighted by molar-refractivity contribution is -0.121. The predicted octanol–water partition coefficient (Wildman–Crippen LogP) is 1.32. The lowest BCUT2D eigenvalue weighted by Crippen LogP contribution is -2.41. The van der Waals surface area contributed by atoms with Crippen LogP contribution in [0.3, 0.4) is 0 Å². The first kappa shape index (κ1) is 18.5. The van der Waals surface area contributed by atoms with Crippen molar-refractivity contribution in [2.45, 2.75) is 38.4 Å². The summed E-state index contributed by atoms with van der Waals surface area (Å²) in [5, 5.41) is 42.7. The molecule has 138 valence electrons. The molecule has 3 rings (SSSR count). The molecule has 0 unspecified atom stereocenters. The molecule has 0 spiro atoms. The molecule has 0 aliphatic rings. The Hall–Kier alpha value is -2.32. The number of aromatic nitrogens is 3. The van der Waals surface area contributed by atoms with Gasteiger partial charge in [-0.1, -0.05) is 37.3 Å². The molecular formula is C19H23N3O4. The molecular weight excluding hydrogens is 334 g/mol. The highest BCUT2D eigenvalue weighted by Gasteiger charge is 2.34. The van der Waals surface area contributed by atoms with E-state index < -0.39 is 30.5 Å². The van der Waals surface area contributed by atoms with Gasteiger partial charge in [0, 0.05) is 17.5 Å². The Balaban J connectivity index is 1.80. The number of fused-ring (bicyclic) bond motifs is 1. The van der Waals surface area contributed by atoms with Gasteiger partial charge in [0.15, 0.2) is 6.23 Å². The first-order chi connectivity index (χ1) is 12.4. The van der Waals surface area contributed by atoms with Crippen LogP contribution in [0, 0.1) is 12.8 Å². The molecule has 0 saturated carbocycles. The Morgan fingerprint density at radius 2 is 1.62 bits per heavy atom. The van der Waals surface area contributed by atoms with E-state index >= 15 is 0 Å². The Morgan fingerprint density at radius 3 is 2.31 bits per heavy atom. The van der Waals surface area contributed by atoms with Crippen molar-refractivity contribution in [3.05, 3.63) is 60.2 Å². The molecule has 0 fully saturated rings. The molecule has 2 aromatic heterocycles. The van der Waals surface area contributed by atoms with E-state index in [0.717, 1.165) is 11.1 Å². The number of nitrogens with zero attached hydrogens (tertiary/aromatic N) is 3. The van der Waals surface area contributed by atoms with Crippen LogP contribution in [0.5, 0.6) is 0 Å². The molecule has 2 heterocycles. The molecule has 1 aromatic carbocycles. The quantitative estimate of drug-likeness (QED) is 0.529. The second kappa shape index (κ2) is 7.51. The van der Waals surface area contributed by atoms with Gasteiger partial charge in [-0.3, -0.25) is 0 Å². The molecule has 3 aromatic rings. The van der Waals surface area contributed by atoms with Crippen molar-refractivity contribution >= 4 is 11.0 Å². The highest BCUT2D eigenvalue weighted by atomic mass is 16.4. The van der Waals surface area contributed by atoms with E-state index in [2.05, 4.69) is 9.97 Å². The fourth-order valence-electron chi connectivity index (χ4n) is 3.10. The van der Waals surface area contributed by atoms with Crippen molar-refractivity contribution in [2.24, 2.45) is 5.92 Å². The average Bonchev–Trinajstić information content (AvgIpc) is 3.11. The van der Waals surface area contributed by atoms with Crippen molar-refractivity contribution in [1.29, 1.82) is 0 Å². The van der Waals surface area contributed by atoms with E-state index in [0.29, 0.717) is 11.2 Å². The second-order valence-corrected chi connectivity index (χ2v) is 6.53. The summed E-state index contributed by atoms with van der Waals surface area (Å²) in [7, 11) is 0. The van der Waals surface area contributed by atoms with E-state index in [4.69, 9.17) is 0 Å². The first-order valence-corrected chi connectivity index (χ1v) is 8.47. The highest BCUT2D eigenvalue weighted by molar-refractivity contribution is 5.78. The third-order valence-corrected chi connectivity index (χ3v) is 4.83. The van der Waals surface area contributed by atoms with Crippen LogP contribution in [0.25, 0.3) is 11.0 Å². The summed E-state index contributed by atoms with van der Waals surface area (Å²) in [6.45, 7) is 3.45. The van der Waals surface area contributed by atoms with Gasteiger partial charge in [-0.2, -0.15) is 0 Å². The molecule has 4 N–H and O–H groups in total. The zero-order valence-electron chi connectivity index (χ0n) is 14.6. The van der Waals surface area contributed by atoms with Crippen LogP contribution in [0.1, 0.15) is 30.5 Å². The van der Waals surface area contributed by atoms with E-state index in [1.807, 2.05) is 13.0 Å². The number of benzene rings is 1. The lowest BCUT2D eigenvalue weighted by atomic mass is 9.89. The first-order valence-electron chi connectivity index (χ1n) is 8.47. The maximum absolute atomic E-state index is 10.5. The summed E-state index contributed by atoms with van der Waals surface area (Å²) in [5.74, 6) is -0.694. The monoisotopic (exact) mass is 357 g/mol. The second-order valence-electron chi connectivity index (χ2n) is 6.53. The van der Waals surface area contributed by atoms with Crippen molar-refractivity contribution in [2.75, 3.05) is 0 Å². The summed E-state index contributed by atoms with van der Waals surface area (Å²) in [4.78, 5) is 8.24. The summed E-state index contributed by atoms with van der Waals surface area (Å²) in [6, 6.07) is 10.6. The minimum absolute atomic E-state index is 0.465. The fraction of sp³-hybridized carbons (Fsp3) is 0.368. The zero-order chi connectivity index (χ0) is 18.8. The zero-order valence-corrected chi connectivity index (χ0v) is 14.6. The number of aryl methyl sites for hydroxylation is 1. The fourth-order valence-corrected chi connectivity index (χ4v) is 3.10. The summed E-state index contributed by atoms with van der Waals surface area (Å²) >= 11 is 0. The van der Waals surface area contributed by atoms with Crippen LogP contribution in [-0.2, 0) is 0 Å². The maximum atomic E-state index is 10.5. The molecule has 0 radical (unpaired) electrons. The molecule has 0 aliphatic heterocycles. The molecule has 0 bridgehead atoms. The normalized spacial score (nSPS) is 17.6. The molecule has 7 nitrogen and oxygen atoms in total. The minimum Gasteiger partial charge on any atom is -0.390 e. The van der Waals surface area contributed by atoms with Gasteiger partial charge in [0.25, 0.3) is 0 Å². The van der Waals surface area contributed by atoms with Gasteiger partial charge in [-0.05, 0) is 18.6 Å². The van der Waals surface area contributed by atoms with Crippen LogP contribution >= 0.6 is 0 Å². The minimum atomic E-state index is -1.51. The number of hydrogen-bond acceptors (Lipinski definition) is 6. The Bertz CT molecular complexity index is 868. The molecule has 26 heavy (non-hydrogen) atoms. The topological polar surface area (TPSA) is 112 Å². The Morgan fingerprint density at radius 1 is 0.923 bits per heavy atom. The van der Waals surface area contributed by atoms with E-state index in [-0.39, 0.29) is 0 Å². The van der Waals surface area contributed by atoms with Crippen LogP contribution in [0.2, 0.25) is 0 Å². The molecule has 5 atom stereocenters. The van der Waals surface area contributed by atoms with Crippen LogP contribution in [0.15, 0.2) is 48.9 Å². The summed E-state index contributed by atoms with van der Waals surface area (Å²) in [6.07, 6.45) is -2.27. The predicted molar refractivity (Wildman–Crippen MR) is 96.1 cm³/mol. The van der Waals surface area contributed by atoms with Crippen LogP contribution < -0.4 is 0 Å². The maximum Gasteiger partial charge on any atom is 0.160 e. The number of hydrogen-bond donors (Lipinski definition) is 4. The van der Waals surface area contributed by atoms with Gasteiger partial charge in [0.05, 0.1) is 17.9 Å². The van der Waals surface area contributed by atoms with Crippen molar-refractivity contribution in [3.8, 4) is 0 Å². The van der Waals surface area contributed by atoms with Gasteiger partial charge >= 0.3 is 0 Å². The van der Waals surface area contributed by atoms with Gasteiger partial charge < -0.3 is 25.0 Å². The van der Waals surface area contributed by atoms with E-state index in [1.165, 1.54) is 10.9 Å². The van der Waals surface area contributed by atoms with Crippen LogP contribution in [0.4, 0.5) is 0 Å². The molecule has 0 amide bonds. The Labute approximate surface area is 151 Å². The van der Waals surface area contributed by atoms with E-state index in [9.17, 15) is 20.4 Å². The highest BCUT2D eigenvalue weighted by Crippen LogP contribution is 2.29. The van der Waals surface area contributed by atoms with Crippen molar-refractivity contribution in [1.82, 2.24) is 14.5 Å². The van der Waals surface area contributed by atoms with E-state index in [1.54, 1.807) is 43.5 Å². The molecule has 7 heteroatoms. The van der Waals surface area contributed by atoms with Crippen LogP contribution in [-0.4, -0.2) is 47.2 Å². The largest absolute Gasteiger partial charge is 0.390 e. The van der Waals surface area contributed by atoms with Crippen molar-refractivity contribution < 1.29 is 20.4 Å². The number of aliphatic hydroxyl groups is 4. The molecule has 0 saturated heterocycles. The Kier molecular flexibility index (Phi) is 5.33. The van der Waals surface area contributed by atoms with Gasteiger partial charge in [0.1, 0.15) is 18.1 Å². The third-order valence-electron chi connectivity index (χ3n) is 4.83.